The Labute approximate surface area is 129 Å². The molecule has 0 aliphatic carbocycles. The summed E-state index contributed by atoms with van der Waals surface area (Å²) < 4.78 is 5.04. The minimum Gasteiger partial charge on any atom is -0.462 e. The van der Waals surface area contributed by atoms with Gasteiger partial charge in [0.15, 0.2) is 0 Å². The van der Waals surface area contributed by atoms with Gasteiger partial charge in [0.25, 0.3) is 0 Å². The van der Waals surface area contributed by atoms with Crippen molar-refractivity contribution in [3.05, 3.63) is 35.4 Å². The fraction of sp³-hybridized carbons (Fsp3) is 0.632. The average molecular weight is 290 g/mol. The van der Waals surface area contributed by atoms with E-state index in [1.165, 1.54) is 5.56 Å². The third-order valence-electron chi connectivity index (χ3n) is 3.69. The summed E-state index contributed by atoms with van der Waals surface area (Å²) in [5.41, 5.74) is 2.39. The van der Waals surface area contributed by atoms with Crippen molar-refractivity contribution in [1.82, 2.24) is 0 Å². The third-order valence-corrected chi connectivity index (χ3v) is 3.69. The van der Waals surface area contributed by atoms with Gasteiger partial charge in [0.2, 0.25) is 0 Å². The van der Waals surface area contributed by atoms with E-state index in [4.69, 9.17) is 4.74 Å². The molecule has 1 rings (SSSR count). The quantitative estimate of drug-likeness (QED) is 0.691. The fourth-order valence-electron chi connectivity index (χ4n) is 2.60. The van der Waals surface area contributed by atoms with Gasteiger partial charge in [0, 0.05) is 0 Å². The van der Waals surface area contributed by atoms with Crippen molar-refractivity contribution in [2.45, 2.75) is 60.8 Å². The lowest BCUT2D eigenvalue weighted by molar-refractivity contribution is 0.0526. The van der Waals surface area contributed by atoms with Crippen LogP contribution in [-0.4, -0.2) is 12.6 Å². The molecule has 118 valence electrons. The van der Waals surface area contributed by atoms with E-state index in [9.17, 15) is 4.79 Å². The third kappa shape index (κ3) is 5.53. The summed E-state index contributed by atoms with van der Waals surface area (Å²) in [5, 5.41) is 0. The van der Waals surface area contributed by atoms with E-state index in [0.717, 1.165) is 6.42 Å². The van der Waals surface area contributed by atoms with Crippen molar-refractivity contribution in [3.8, 4) is 0 Å². The molecule has 0 fully saturated rings. The smallest absolute Gasteiger partial charge is 0.338 e. The Bertz CT molecular complexity index is 458. The maximum atomic E-state index is 11.7. The predicted molar refractivity (Wildman–Crippen MR) is 88.7 cm³/mol. The van der Waals surface area contributed by atoms with Crippen molar-refractivity contribution in [1.29, 1.82) is 0 Å². The number of ether oxygens (including phenoxy) is 1. The first-order valence-corrected chi connectivity index (χ1v) is 7.81. The molecule has 0 N–H and O–H groups in total. The van der Waals surface area contributed by atoms with E-state index >= 15 is 0 Å². The van der Waals surface area contributed by atoms with E-state index in [2.05, 4.69) is 53.7 Å². The van der Waals surface area contributed by atoms with E-state index in [1.54, 1.807) is 0 Å². The molecule has 0 spiro atoms. The Morgan fingerprint density at radius 3 is 1.95 bits per heavy atom. The van der Waals surface area contributed by atoms with Crippen LogP contribution in [0.3, 0.4) is 0 Å². The Morgan fingerprint density at radius 2 is 1.57 bits per heavy atom. The Balaban J connectivity index is 3.02. The molecule has 0 aromatic heterocycles. The van der Waals surface area contributed by atoms with Gasteiger partial charge < -0.3 is 4.74 Å². The van der Waals surface area contributed by atoms with Gasteiger partial charge in [0.05, 0.1) is 12.2 Å². The summed E-state index contributed by atoms with van der Waals surface area (Å²) in [7, 11) is 0. The lowest BCUT2D eigenvalue weighted by Crippen LogP contribution is -2.23. The zero-order valence-electron chi connectivity index (χ0n) is 14.6. The summed E-state index contributed by atoms with van der Waals surface area (Å²) in [6.07, 6.45) is 1.12. The monoisotopic (exact) mass is 290 g/mol. The number of hydrogen-bond acceptors (Lipinski definition) is 2. The van der Waals surface area contributed by atoms with Crippen LogP contribution in [-0.2, 0) is 4.74 Å². The second kappa shape index (κ2) is 6.64. The summed E-state index contributed by atoms with van der Waals surface area (Å²) in [6, 6.07) is 7.92. The molecule has 1 unspecified atom stereocenters. The van der Waals surface area contributed by atoms with Crippen LogP contribution < -0.4 is 0 Å². The highest BCUT2D eigenvalue weighted by Crippen LogP contribution is 2.42. The van der Waals surface area contributed by atoms with E-state index in [-0.39, 0.29) is 16.8 Å². The number of benzene rings is 1. The first-order valence-electron chi connectivity index (χ1n) is 7.81. The van der Waals surface area contributed by atoms with Crippen molar-refractivity contribution < 1.29 is 9.53 Å². The minimum atomic E-state index is -0.243. The van der Waals surface area contributed by atoms with Crippen molar-refractivity contribution in [3.63, 3.8) is 0 Å². The van der Waals surface area contributed by atoms with E-state index in [1.807, 2.05) is 19.1 Å². The molecule has 0 aliphatic heterocycles. The Hall–Kier alpha value is -1.31. The first kappa shape index (κ1) is 17.7. The number of esters is 1. The van der Waals surface area contributed by atoms with Gasteiger partial charge in [-0.15, -0.1) is 0 Å². The molecular weight excluding hydrogens is 260 g/mol. The maximum Gasteiger partial charge on any atom is 0.338 e. The standard InChI is InChI=1S/C19H30O2/c1-8-21-17(20)15-11-9-14(10-12-15)16(19(5,6)7)13-18(2,3)4/h9-12,16H,8,13H2,1-7H3. The molecule has 0 aliphatic rings. The van der Waals surface area contributed by atoms with E-state index < -0.39 is 0 Å². The molecule has 1 atom stereocenters. The van der Waals surface area contributed by atoms with Gasteiger partial charge in [0.1, 0.15) is 0 Å². The molecule has 0 amide bonds. The van der Waals surface area contributed by atoms with Gasteiger partial charge in [-0.3, -0.25) is 0 Å². The second-order valence-electron chi connectivity index (χ2n) is 8.03. The van der Waals surface area contributed by atoms with Crippen molar-refractivity contribution in [2.24, 2.45) is 10.8 Å². The molecule has 1 aromatic rings. The highest BCUT2D eigenvalue weighted by atomic mass is 16.5. The van der Waals surface area contributed by atoms with Crippen LogP contribution in [0.25, 0.3) is 0 Å². The van der Waals surface area contributed by atoms with Gasteiger partial charge >= 0.3 is 5.97 Å². The Kier molecular flexibility index (Phi) is 5.61. The van der Waals surface area contributed by atoms with Crippen LogP contribution in [0.4, 0.5) is 0 Å². The van der Waals surface area contributed by atoms with Crippen molar-refractivity contribution >= 4 is 5.97 Å². The van der Waals surface area contributed by atoms with Gasteiger partial charge in [-0.1, -0.05) is 53.7 Å². The summed E-state index contributed by atoms with van der Waals surface area (Å²) in [5.74, 6) is 0.223. The molecular formula is C19H30O2. The van der Waals surface area contributed by atoms with Gasteiger partial charge in [-0.05, 0) is 47.8 Å². The van der Waals surface area contributed by atoms with Gasteiger partial charge in [-0.25, -0.2) is 4.79 Å². The molecule has 0 saturated heterocycles. The molecule has 2 nitrogen and oxygen atoms in total. The lowest BCUT2D eigenvalue weighted by Gasteiger charge is -2.36. The molecule has 0 bridgehead atoms. The number of carbonyl (C=O) groups excluding carboxylic acids is 1. The SMILES string of the molecule is CCOC(=O)c1ccc(C(CC(C)(C)C)C(C)(C)C)cc1. The molecule has 21 heavy (non-hydrogen) atoms. The largest absolute Gasteiger partial charge is 0.462 e. The van der Waals surface area contributed by atoms with Crippen LogP contribution in [0.2, 0.25) is 0 Å². The lowest BCUT2D eigenvalue weighted by atomic mass is 9.69. The summed E-state index contributed by atoms with van der Waals surface area (Å²) >= 11 is 0. The number of carbonyl (C=O) groups is 1. The topological polar surface area (TPSA) is 26.3 Å². The van der Waals surface area contributed by atoms with Crippen molar-refractivity contribution in [2.75, 3.05) is 6.61 Å². The molecule has 0 heterocycles. The Morgan fingerprint density at radius 1 is 1.05 bits per heavy atom. The van der Waals surface area contributed by atoms with Gasteiger partial charge in [-0.2, -0.15) is 0 Å². The highest BCUT2D eigenvalue weighted by Gasteiger charge is 2.30. The van der Waals surface area contributed by atoms with Crippen LogP contribution in [0.15, 0.2) is 24.3 Å². The molecule has 1 aromatic carbocycles. The van der Waals surface area contributed by atoms with Crippen LogP contribution >= 0.6 is 0 Å². The first-order chi connectivity index (χ1) is 9.54. The highest BCUT2D eigenvalue weighted by molar-refractivity contribution is 5.89. The normalized spacial score (nSPS) is 13.9. The molecule has 0 radical (unpaired) electrons. The number of hydrogen-bond donors (Lipinski definition) is 0. The minimum absolute atomic E-state index is 0.193. The fourth-order valence-corrected chi connectivity index (χ4v) is 2.60. The van der Waals surface area contributed by atoms with Crippen LogP contribution in [0, 0.1) is 10.8 Å². The van der Waals surface area contributed by atoms with Crippen LogP contribution in [0.1, 0.15) is 76.7 Å². The van der Waals surface area contributed by atoms with E-state index in [0.29, 0.717) is 18.1 Å². The predicted octanol–water partition coefficient (Wildman–Crippen LogP) is 5.43. The molecule has 0 saturated carbocycles. The maximum absolute atomic E-state index is 11.7. The average Bonchev–Trinajstić information content (AvgIpc) is 2.34. The summed E-state index contributed by atoms with van der Waals surface area (Å²) in [4.78, 5) is 11.7. The zero-order chi connectivity index (χ0) is 16.3. The molecule has 2 heteroatoms. The zero-order valence-corrected chi connectivity index (χ0v) is 14.6. The number of rotatable bonds is 4. The van der Waals surface area contributed by atoms with Crippen LogP contribution in [0.5, 0.6) is 0 Å². The summed E-state index contributed by atoms with van der Waals surface area (Å²) in [6.45, 7) is 15.9. The second-order valence-corrected chi connectivity index (χ2v) is 8.03.